The zero-order valence-corrected chi connectivity index (χ0v) is 18.4. The summed E-state index contributed by atoms with van der Waals surface area (Å²) in [6, 6.07) is 15.5. The number of halogens is 1. The van der Waals surface area contributed by atoms with Crippen LogP contribution >= 0.6 is 15.9 Å². The van der Waals surface area contributed by atoms with Gasteiger partial charge in [0.05, 0.1) is 5.69 Å². The SMILES string of the molecule is Cc1ccc(C)c(-c2cc3c(=O)n(Cc4nc(-c5ccc(Br)cc5)no4)ncn3n2)c1. The average molecular weight is 477 g/mol. The highest BCUT2D eigenvalue weighted by atomic mass is 79.9. The van der Waals surface area contributed by atoms with Crippen LogP contribution in [-0.2, 0) is 6.54 Å². The van der Waals surface area contributed by atoms with E-state index in [4.69, 9.17) is 4.52 Å². The van der Waals surface area contributed by atoms with Gasteiger partial charge in [-0.15, -0.1) is 0 Å². The van der Waals surface area contributed by atoms with E-state index >= 15 is 0 Å². The molecule has 0 amide bonds. The normalized spacial score (nSPS) is 11.3. The molecule has 9 heteroatoms. The highest BCUT2D eigenvalue weighted by Gasteiger charge is 2.15. The molecule has 0 N–H and O–H groups in total. The number of aromatic nitrogens is 6. The molecular weight excluding hydrogens is 460 g/mol. The van der Waals surface area contributed by atoms with Crippen LogP contribution < -0.4 is 5.56 Å². The molecule has 0 spiro atoms. The Labute approximate surface area is 185 Å². The van der Waals surface area contributed by atoms with Crippen molar-refractivity contribution in [1.82, 2.24) is 29.5 Å². The summed E-state index contributed by atoms with van der Waals surface area (Å²) in [6.07, 6.45) is 1.51. The van der Waals surface area contributed by atoms with E-state index in [1.807, 2.05) is 44.2 Å². The molecule has 0 atom stereocenters. The second kappa shape index (κ2) is 7.59. The molecule has 0 saturated heterocycles. The van der Waals surface area contributed by atoms with Gasteiger partial charge in [0.1, 0.15) is 18.4 Å². The summed E-state index contributed by atoms with van der Waals surface area (Å²) in [4.78, 5) is 17.4. The van der Waals surface area contributed by atoms with Gasteiger partial charge in [0.2, 0.25) is 11.7 Å². The summed E-state index contributed by atoms with van der Waals surface area (Å²) in [6.45, 7) is 4.12. The second-order valence-electron chi connectivity index (χ2n) is 7.29. The molecule has 0 aliphatic carbocycles. The van der Waals surface area contributed by atoms with Crippen LogP contribution in [0.3, 0.4) is 0 Å². The molecular formula is C22H17BrN6O2. The quantitative estimate of drug-likeness (QED) is 0.388. The Morgan fingerprint density at radius 1 is 1.06 bits per heavy atom. The lowest BCUT2D eigenvalue weighted by molar-refractivity contribution is 0.362. The molecule has 3 aromatic heterocycles. The van der Waals surface area contributed by atoms with Gasteiger partial charge in [0, 0.05) is 15.6 Å². The minimum atomic E-state index is -0.282. The third-order valence-corrected chi connectivity index (χ3v) is 5.54. The monoisotopic (exact) mass is 476 g/mol. The first-order valence-electron chi connectivity index (χ1n) is 9.59. The predicted octanol–water partition coefficient (Wildman–Crippen LogP) is 4.04. The fourth-order valence-electron chi connectivity index (χ4n) is 3.36. The van der Waals surface area contributed by atoms with Gasteiger partial charge in [0.15, 0.2) is 0 Å². The summed E-state index contributed by atoms with van der Waals surface area (Å²) in [5, 5.41) is 12.7. The van der Waals surface area contributed by atoms with E-state index in [9.17, 15) is 4.79 Å². The van der Waals surface area contributed by atoms with Crippen LogP contribution in [0, 0.1) is 13.8 Å². The van der Waals surface area contributed by atoms with Crippen molar-refractivity contribution in [3.63, 3.8) is 0 Å². The van der Waals surface area contributed by atoms with Crippen LogP contribution in [0.15, 0.2) is 68.6 Å². The molecule has 5 aromatic rings. The summed E-state index contributed by atoms with van der Waals surface area (Å²) in [5.74, 6) is 0.754. The van der Waals surface area contributed by atoms with E-state index in [1.165, 1.54) is 15.5 Å². The van der Waals surface area contributed by atoms with Crippen molar-refractivity contribution in [2.75, 3.05) is 0 Å². The van der Waals surface area contributed by atoms with E-state index in [0.29, 0.717) is 17.2 Å². The maximum atomic E-state index is 13.0. The summed E-state index contributed by atoms with van der Waals surface area (Å²) < 4.78 is 9.08. The van der Waals surface area contributed by atoms with Gasteiger partial charge >= 0.3 is 0 Å². The molecule has 8 nitrogen and oxygen atoms in total. The minimum absolute atomic E-state index is 0.0723. The molecule has 5 rings (SSSR count). The highest BCUT2D eigenvalue weighted by molar-refractivity contribution is 9.10. The fourth-order valence-corrected chi connectivity index (χ4v) is 3.62. The first kappa shape index (κ1) is 19.4. The van der Waals surface area contributed by atoms with Gasteiger partial charge in [-0.1, -0.05) is 38.8 Å². The average Bonchev–Trinajstić information content (AvgIpc) is 3.40. The van der Waals surface area contributed by atoms with Crippen molar-refractivity contribution in [2.24, 2.45) is 0 Å². The third-order valence-electron chi connectivity index (χ3n) is 5.01. The molecule has 0 unspecified atom stereocenters. The van der Waals surface area contributed by atoms with Crippen molar-refractivity contribution in [2.45, 2.75) is 20.4 Å². The number of hydrogen-bond donors (Lipinski definition) is 0. The van der Waals surface area contributed by atoms with Crippen molar-refractivity contribution >= 4 is 21.4 Å². The van der Waals surface area contributed by atoms with E-state index in [2.05, 4.69) is 48.4 Å². The van der Waals surface area contributed by atoms with Crippen LogP contribution in [0.25, 0.3) is 28.2 Å². The van der Waals surface area contributed by atoms with E-state index < -0.39 is 0 Å². The topological polar surface area (TPSA) is 91.1 Å². The lowest BCUT2D eigenvalue weighted by atomic mass is 10.0. The van der Waals surface area contributed by atoms with E-state index in [1.54, 1.807) is 6.07 Å². The van der Waals surface area contributed by atoms with Crippen molar-refractivity contribution < 1.29 is 4.52 Å². The molecule has 0 bridgehead atoms. The highest BCUT2D eigenvalue weighted by Crippen LogP contribution is 2.24. The Hall–Kier alpha value is -3.59. The van der Waals surface area contributed by atoms with Crippen LogP contribution in [0.2, 0.25) is 0 Å². The van der Waals surface area contributed by atoms with Crippen LogP contribution in [-0.4, -0.2) is 29.5 Å². The van der Waals surface area contributed by atoms with E-state index in [-0.39, 0.29) is 12.1 Å². The summed E-state index contributed by atoms with van der Waals surface area (Å²) in [5.41, 5.74) is 4.91. The Morgan fingerprint density at radius 3 is 2.68 bits per heavy atom. The zero-order valence-electron chi connectivity index (χ0n) is 16.8. The smallest absolute Gasteiger partial charge is 0.293 e. The number of nitrogens with zero attached hydrogens (tertiary/aromatic N) is 6. The summed E-state index contributed by atoms with van der Waals surface area (Å²) in [7, 11) is 0. The second-order valence-corrected chi connectivity index (χ2v) is 8.21. The molecule has 0 radical (unpaired) electrons. The molecule has 31 heavy (non-hydrogen) atoms. The number of hydrogen-bond acceptors (Lipinski definition) is 6. The molecule has 0 aliphatic heterocycles. The first-order chi connectivity index (χ1) is 15.0. The molecule has 154 valence electrons. The minimum Gasteiger partial charge on any atom is -0.337 e. The number of fused-ring (bicyclic) bond motifs is 1. The zero-order chi connectivity index (χ0) is 21.5. The maximum Gasteiger partial charge on any atom is 0.293 e. The first-order valence-corrected chi connectivity index (χ1v) is 10.4. The van der Waals surface area contributed by atoms with Gasteiger partial charge < -0.3 is 4.52 Å². The van der Waals surface area contributed by atoms with Gasteiger partial charge in [-0.25, -0.2) is 9.20 Å². The molecule has 3 heterocycles. The fraction of sp³-hybridized carbons (Fsp3) is 0.136. The van der Waals surface area contributed by atoms with Crippen molar-refractivity contribution in [3.05, 3.63) is 86.7 Å². The number of aryl methyl sites for hydroxylation is 2. The summed E-state index contributed by atoms with van der Waals surface area (Å²) >= 11 is 3.40. The number of rotatable bonds is 4. The van der Waals surface area contributed by atoms with Crippen LogP contribution in [0.1, 0.15) is 17.0 Å². The largest absolute Gasteiger partial charge is 0.337 e. The molecule has 0 aliphatic rings. The Morgan fingerprint density at radius 2 is 1.87 bits per heavy atom. The lowest BCUT2D eigenvalue weighted by Crippen LogP contribution is -2.25. The molecule has 0 fully saturated rings. The van der Waals surface area contributed by atoms with E-state index in [0.717, 1.165) is 32.4 Å². The van der Waals surface area contributed by atoms with Crippen LogP contribution in [0.4, 0.5) is 0 Å². The Balaban J connectivity index is 1.47. The van der Waals surface area contributed by atoms with Gasteiger partial charge in [0.25, 0.3) is 5.56 Å². The van der Waals surface area contributed by atoms with Gasteiger partial charge in [-0.3, -0.25) is 4.79 Å². The number of benzene rings is 2. The Bertz CT molecular complexity index is 1470. The molecule has 2 aromatic carbocycles. The third kappa shape index (κ3) is 3.68. The lowest BCUT2D eigenvalue weighted by Gasteiger charge is -2.03. The standard InChI is InChI=1S/C22H17BrN6O2/c1-13-3-4-14(2)17(9-13)18-10-19-22(30)28(24-12-29(19)26-18)11-20-25-21(27-31-20)15-5-7-16(23)8-6-15/h3-10,12H,11H2,1-2H3. The predicted molar refractivity (Wildman–Crippen MR) is 119 cm³/mol. The van der Waals surface area contributed by atoms with Crippen molar-refractivity contribution in [1.29, 1.82) is 0 Å². The van der Waals surface area contributed by atoms with Crippen molar-refractivity contribution in [3.8, 4) is 22.6 Å². The Kier molecular flexibility index (Phi) is 4.74. The molecule has 0 saturated carbocycles. The van der Waals surface area contributed by atoms with Gasteiger partial charge in [-0.2, -0.15) is 15.2 Å². The van der Waals surface area contributed by atoms with Gasteiger partial charge in [-0.05, 0) is 55.8 Å². The maximum absolute atomic E-state index is 13.0. The van der Waals surface area contributed by atoms with Crippen LogP contribution in [0.5, 0.6) is 0 Å².